The van der Waals surface area contributed by atoms with Crippen molar-refractivity contribution in [2.45, 2.75) is 20.4 Å². The van der Waals surface area contributed by atoms with Crippen molar-refractivity contribution in [3.8, 4) is 11.6 Å². The second-order valence-corrected chi connectivity index (χ2v) is 5.40. The molecule has 0 radical (unpaired) electrons. The lowest BCUT2D eigenvalue weighted by molar-refractivity contribution is 0.461. The summed E-state index contributed by atoms with van der Waals surface area (Å²) in [6.07, 6.45) is 1.60. The molecule has 0 amide bonds. The largest absolute Gasteiger partial charge is 0.439 e. The second-order valence-electron chi connectivity index (χ2n) is 4.62. The molecule has 1 N–H and O–H groups in total. The zero-order valence-electron chi connectivity index (χ0n) is 11.6. The van der Waals surface area contributed by atoms with Crippen LogP contribution in [-0.4, -0.2) is 12.0 Å². The molecule has 20 heavy (non-hydrogen) atoms. The normalized spacial score (nSPS) is 10.7. The highest BCUT2D eigenvalue weighted by Crippen LogP contribution is 2.29. The fraction of sp³-hybridized carbons (Fsp3) is 0.267. The Hall–Kier alpha value is -1.29. The molecule has 2 rings (SSSR count). The van der Waals surface area contributed by atoms with E-state index in [0.717, 1.165) is 27.5 Å². The maximum Gasteiger partial charge on any atom is 0.219 e. The maximum absolute atomic E-state index is 6.14. The summed E-state index contributed by atoms with van der Waals surface area (Å²) in [6.45, 7) is 4.56. The summed E-state index contributed by atoms with van der Waals surface area (Å²) in [5, 5.41) is 4.44. The van der Waals surface area contributed by atoms with E-state index in [0.29, 0.717) is 17.4 Å². The first-order chi connectivity index (χ1) is 9.51. The first kappa shape index (κ1) is 15.1. The van der Waals surface area contributed by atoms with Crippen LogP contribution in [0.5, 0.6) is 11.6 Å². The molecule has 0 atom stereocenters. The van der Waals surface area contributed by atoms with Crippen LogP contribution in [0.3, 0.4) is 0 Å². The van der Waals surface area contributed by atoms with Crippen molar-refractivity contribution in [2.24, 2.45) is 0 Å². The number of benzene rings is 1. The van der Waals surface area contributed by atoms with Gasteiger partial charge in [0.05, 0.1) is 5.02 Å². The van der Waals surface area contributed by atoms with Gasteiger partial charge in [0.2, 0.25) is 5.88 Å². The molecular formula is C15H16Cl2N2O. The quantitative estimate of drug-likeness (QED) is 0.901. The molecule has 0 saturated heterocycles. The molecule has 1 aromatic carbocycles. The zero-order chi connectivity index (χ0) is 14.7. The van der Waals surface area contributed by atoms with Gasteiger partial charge in [-0.05, 0) is 49.7 Å². The Morgan fingerprint density at radius 3 is 2.40 bits per heavy atom. The van der Waals surface area contributed by atoms with Crippen molar-refractivity contribution in [1.82, 2.24) is 10.3 Å². The number of aromatic nitrogens is 1. The molecule has 3 nitrogen and oxygen atoms in total. The third kappa shape index (κ3) is 3.42. The smallest absolute Gasteiger partial charge is 0.219 e. The van der Waals surface area contributed by atoms with E-state index in [-0.39, 0.29) is 0 Å². The van der Waals surface area contributed by atoms with E-state index in [1.807, 2.05) is 39.1 Å². The minimum absolute atomic E-state index is 0.515. The number of aryl methyl sites for hydroxylation is 2. The predicted molar refractivity (Wildman–Crippen MR) is 83.0 cm³/mol. The molecule has 0 fully saturated rings. The van der Waals surface area contributed by atoms with Crippen molar-refractivity contribution in [1.29, 1.82) is 0 Å². The van der Waals surface area contributed by atoms with Gasteiger partial charge in [-0.1, -0.05) is 23.2 Å². The van der Waals surface area contributed by atoms with Crippen molar-refractivity contribution in [3.63, 3.8) is 0 Å². The Morgan fingerprint density at radius 2 is 1.80 bits per heavy atom. The van der Waals surface area contributed by atoms with Gasteiger partial charge in [0.1, 0.15) is 5.75 Å². The lowest BCUT2D eigenvalue weighted by atomic mass is 10.1. The van der Waals surface area contributed by atoms with Crippen LogP contribution in [0.15, 0.2) is 24.4 Å². The molecular weight excluding hydrogens is 295 g/mol. The summed E-state index contributed by atoms with van der Waals surface area (Å²) in [5.41, 5.74) is 2.90. The molecule has 1 heterocycles. The monoisotopic (exact) mass is 310 g/mol. The average Bonchev–Trinajstić information content (AvgIpc) is 2.40. The molecule has 0 aliphatic rings. The van der Waals surface area contributed by atoms with E-state index < -0.39 is 0 Å². The third-order valence-corrected chi connectivity index (χ3v) is 3.85. The third-order valence-electron chi connectivity index (χ3n) is 2.91. The fourth-order valence-electron chi connectivity index (χ4n) is 1.93. The van der Waals surface area contributed by atoms with Gasteiger partial charge in [-0.25, -0.2) is 4.98 Å². The van der Waals surface area contributed by atoms with Crippen LogP contribution in [0, 0.1) is 13.8 Å². The number of hydrogen-bond donors (Lipinski definition) is 1. The van der Waals surface area contributed by atoms with E-state index in [1.54, 1.807) is 6.20 Å². The minimum atomic E-state index is 0.515. The number of nitrogens with one attached hydrogen (secondary N) is 1. The highest BCUT2D eigenvalue weighted by molar-refractivity contribution is 6.32. The van der Waals surface area contributed by atoms with Crippen LogP contribution >= 0.6 is 23.2 Å². The Morgan fingerprint density at radius 1 is 1.15 bits per heavy atom. The minimum Gasteiger partial charge on any atom is -0.439 e. The van der Waals surface area contributed by atoms with Gasteiger partial charge in [-0.15, -0.1) is 0 Å². The van der Waals surface area contributed by atoms with Gasteiger partial charge in [-0.2, -0.15) is 0 Å². The Kier molecular flexibility index (Phi) is 4.86. The molecule has 0 unspecified atom stereocenters. The molecule has 0 bridgehead atoms. The van der Waals surface area contributed by atoms with Gasteiger partial charge < -0.3 is 10.1 Å². The van der Waals surface area contributed by atoms with Crippen molar-refractivity contribution >= 4 is 23.2 Å². The van der Waals surface area contributed by atoms with Crippen LogP contribution in [0.2, 0.25) is 10.0 Å². The van der Waals surface area contributed by atoms with Gasteiger partial charge >= 0.3 is 0 Å². The van der Waals surface area contributed by atoms with Crippen LogP contribution in [0.1, 0.15) is 16.7 Å². The summed E-state index contributed by atoms with van der Waals surface area (Å²) < 4.78 is 5.78. The van der Waals surface area contributed by atoms with Crippen molar-refractivity contribution in [3.05, 3.63) is 51.1 Å². The topological polar surface area (TPSA) is 34.1 Å². The number of pyridine rings is 1. The summed E-state index contributed by atoms with van der Waals surface area (Å²) in [5.74, 6) is 1.23. The van der Waals surface area contributed by atoms with Crippen LogP contribution in [0.25, 0.3) is 0 Å². The molecule has 106 valence electrons. The van der Waals surface area contributed by atoms with E-state index in [9.17, 15) is 0 Å². The van der Waals surface area contributed by atoms with Gasteiger partial charge in [0, 0.05) is 23.8 Å². The summed E-state index contributed by atoms with van der Waals surface area (Å²) in [4.78, 5) is 4.18. The number of halogens is 2. The maximum atomic E-state index is 6.14. The Bertz CT molecular complexity index is 606. The van der Waals surface area contributed by atoms with Crippen LogP contribution in [-0.2, 0) is 6.54 Å². The Balaban J connectivity index is 2.28. The summed E-state index contributed by atoms with van der Waals surface area (Å²) in [6, 6.07) is 5.62. The van der Waals surface area contributed by atoms with E-state index >= 15 is 0 Å². The first-order valence-electron chi connectivity index (χ1n) is 6.25. The van der Waals surface area contributed by atoms with Gasteiger partial charge in [-0.3, -0.25) is 0 Å². The van der Waals surface area contributed by atoms with Crippen LogP contribution in [0.4, 0.5) is 0 Å². The Labute approximate surface area is 128 Å². The second kappa shape index (κ2) is 6.44. The lowest BCUT2D eigenvalue weighted by Crippen LogP contribution is -2.06. The van der Waals surface area contributed by atoms with Crippen molar-refractivity contribution in [2.75, 3.05) is 7.05 Å². The van der Waals surface area contributed by atoms with Gasteiger partial charge in [0.25, 0.3) is 0 Å². The van der Waals surface area contributed by atoms with Gasteiger partial charge in [0.15, 0.2) is 0 Å². The molecule has 0 saturated carbocycles. The fourth-order valence-corrected chi connectivity index (χ4v) is 2.21. The summed E-state index contributed by atoms with van der Waals surface area (Å²) >= 11 is 12.2. The summed E-state index contributed by atoms with van der Waals surface area (Å²) in [7, 11) is 1.86. The molecule has 0 spiro atoms. The predicted octanol–water partition coefficient (Wildman–Crippen LogP) is 4.52. The SMILES string of the molecule is CNCc1cc(Oc2cc(C)c(Cl)c(C)c2)ncc1Cl. The zero-order valence-corrected chi connectivity index (χ0v) is 13.1. The molecule has 0 aliphatic carbocycles. The molecule has 1 aromatic heterocycles. The van der Waals surface area contributed by atoms with E-state index in [4.69, 9.17) is 27.9 Å². The molecule has 5 heteroatoms. The highest BCUT2D eigenvalue weighted by Gasteiger charge is 2.07. The number of rotatable bonds is 4. The average molecular weight is 311 g/mol. The standard InChI is InChI=1S/C15H16Cl2N2O/c1-9-4-12(5-10(2)15(9)17)20-14-6-11(7-18-3)13(16)8-19-14/h4-6,8,18H,7H2,1-3H3. The number of nitrogens with zero attached hydrogens (tertiary/aromatic N) is 1. The molecule has 0 aliphatic heterocycles. The van der Waals surface area contributed by atoms with E-state index in [2.05, 4.69) is 10.3 Å². The number of ether oxygens (including phenoxy) is 1. The molecule has 2 aromatic rings. The lowest BCUT2D eigenvalue weighted by Gasteiger charge is -2.10. The van der Waals surface area contributed by atoms with E-state index in [1.165, 1.54) is 0 Å². The van der Waals surface area contributed by atoms with Crippen molar-refractivity contribution < 1.29 is 4.74 Å². The highest BCUT2D eigenvalue weighted by atomic mass is 35.5. The number of hydrogen-bond acceptors (Lipinski definition) is 3. The first-order valence-corrected chi connectivity index (χ1v) is 7.00. The van der Waals surface area contributed by atoms with Crippen LogP contribution < -0.4 is 10.1 Å².